The molecule has 0 saturated carbocycles. The Balaban J connectivity index is 2.48. The first-order valence-corrected chi connectivity index (χ1v) is 14.0. The van der Waals surface area contributed by atoms with E-state index in [1.807, 2.05) is 36.4 Å². The van der Waals surface area contributed by atoms with Crippen LogP contribution in [0, 0.1) is 3.57 Å². The lowest BCUT2D eigenvalue weighted by Gasteiger charge is -2.40. The number of ether oxygens (including phenoxy) is 3. The van der Waals surface area contributed by atoms with Crippen molar-refractivity contribution in [3.05, 3.63) is 32.9 Å². The SMILES string of the molecule is CCC(=O)C(=O)N(CCCOC(C)C)C1CC(C(=O)NCCO)=CC(Oc2c(I)cc(CO)cc2OC)C1O. The summed E-state index contributed by atoms with van der Waals surface area (Å²) in [6.07, 6.45) is -0.521. The second-order valence-corrected chi connectivity index (χ2v) is 10.5. The van der Waals surface area contributed by atoms with Crippen LogP contribution in [0.4, 0.5) is 0 Å². The molecular weight excluding hydrogens is 623 g/mol. The van der Waals surface area contributed by atoms with Crippen LogP contribution < -0.4 is 14.8 Å². The standard InChI is InChI=1S/C27H39IN2O9/c1-5-21(33)27(36)30(8-6-10-38-16(2)3)20-13-18(26(35)29-7-9-31)14-22(24(20)34)39-25-19(28)11-17(15-32)12-23(25)37-4/h11-12,14,16,20,22,24,31-32,34H,5-10,13,15H2,1-4H3,(H,29,35). The van der Waals surface area contributed by atoms with Crippen LogP contribution in [-0.4, -0.2) is 95.6 Å². The summed E-state index contributed by atoms with van der Waals surface area (Å²) in [5.41, 5.74) is 0.841. The van der Waals surface area contributed by atoms with Gasteiger partial charge < -0.3 is 39.7 Å². The van der Waals surface area contributed by atoms with Gasteiger partial charge in [0.1, 0.15) is 12.2 Å². The van der Waals surface area contributed by atoms with Gasteiger partial charge in [0.25, 0.3) is 5.91 Å². The lowest BCUT2D eigenvalue weighted by atomic mass is 9.87. The Hall–Kier alpha value is -2.26. The van der Waals surface area contributed by atoms with Gasteiger partial charge in [0.2, 0.25) is 11.7 Å². The van der Waals surface area contributed by atoms with E-state index in [0.717, 1.165) is 0 Å². The van der Waals surface area contributed by atoms with Crippen molar-refractivity contribution in [1.82, 2.24) is 10.2 Å². The van der Waals surface area contributed by atoms with Crippen molar-refractivity contribution in [1.29, 1.82) is 0 Å². The average Bonchev–Trinajstić information content (AvgIpc) is 2.92. The molecule has 0 heterocycles. The van der Waals surface area contributed by atoms with Gasteiger partial charge in [-0.15, -0.1) is 0 Å². The molecule has 12 heteroatoms. The smallest absolute Gasteiger partial charge is 0.290 e. The van der Waals surface area contributed by atoms with Gasteiger partial charge in [-0.05, 0) is 66.6 Å². The van der Waals surface area contributed by atoms with Gasteiger partial charge in [-0.3, -0.25) is 14.4 Å². The van der Waals surface area contributed by atoms with Gasteiger partial charge in [-0.2, -0.15) is 0 Å². The van der Waals surface area contributed by atoms with Gasteiger partial charge in [-0.25, -0.2) is 0 Å². The normalized spacial score (nSPS) is 18.9. The van der Waals surface area contributed by atoms with E-state index in [0.29, 0.717) is 33.7 Å². The molecule has 0 spiro atoms. The third-order valence-electron chi connectivity index (χ3n) is 6.16. The minimum absolute atomic E-state index is 0.00709. The largest absolute Gasteiger partial charge is 0.493 e. The van der Waals surface area contributed by atoms with Crippen LogP contribution >= 0.6 is 22.6 Å². The third-order valence-corrected chi connectivity index (χ3v) is 6.96. The molecule has 2 amide bonds. The Labute approximate surface area is 242 Å². The number of aliphatic hydroxyl groups is 3. The second kappa shape index (κ2) is 16.1. The summed E-state index contributed by atoms with van der Waals surface area (Å²) >= 11 is 2.02. The zero-order valence-electron chi connectivity index (χ0n) is 22.8. The number of amides is 2. The minimum atomic E-state index is -1.29. The van der Waals surface area contributed by atoms with Crippen molar-refractivity contribution >= 4 is 40.2 Å². The van der Waals surface area contributed by atoms with E-state index in [4.69, 9.17) is 19.3 Å². The fourth-order valence-corrected chi connectivity index (χ4v) is 4.97. The molecule has 218 valence electrons. The van der Waals surface area contributed by atoms with Gasteiger partial charge >= 0.3 is 0 Å². The Kier molecular flexibility index (Phi) is 13.6. The molecule has 0 aromatic heterocycles. The molecule has 0 fully saturated rings. The number of carbonyl (C=O) groups excluding carboxylic acids is 3. The van der Waals surface area contributed by atoms with Crippen molar-refractivity contribution < 1.29 is 43.9 Å². The topological polar surface area (TPSA) is 155 Å². The molecule has 1 aliphatic carbocycles. The molecule has 1 aromatic rings. The van der Waals surface area contributed by atoms with E-state index < -0.39 is 35.8 Å². The van der Waals surface area contributed by atoms with E-state index in [1.54, 1.807) is 19.1 Å². The highest BCUT2D eigenvalue weighted by molar-refractivity contribution is 14.1. The molecule has 3 atom stereocenters. The molecular formula is C27H39IN2O9. The number of halogens is 1. The predicted molar refractivity (Wildman–Crippen MR) is 151 cm³/mol. The van der Waals surface area contributed by atoms with E-state index in [-0.39, 0.29) is 50.8 Å². The molecule has 0 aliphatic heterocycles. The van der Waals surface area contributed by atoms with E-state index in [2.05, 4.69) is 5.32 Å². The van der Waals surface area contributed by atoms with Crippen LogP contribution in [0.2, 0.25) is 0 Å². The molecule has 39 heavy (non-hydrogen) atoms. The average molecular weight is 663 g/mol. The summed E-state index contributed by atoms with van der Waals surface area (Å²) in [6.45, 7) is 5.39. The number of ketones is 1. The third kappa shape index (κ3) is 9.13. The van der Waals surface area contributed by atoms with Crippen LogP contribution in [-0.2, 0) is 25.7 Å². The molecule has 3 unspecified atom stereocenters. The number of benzene rings is 1. The first-order chi connectivity index (χ1) is 18.6. The number of methoxy groups -OCH3 is 1. The maximum Gasteiger partial charge on any atom is 0.290 e. The fourth-order valence-electron chi connectivity index (χ4n) is 4.18. The van der Waals surface area contributed by atoms with Crippen molar-refractivity contribution in [3.8, 4) is 11.5 Å². The van der Waals surface area contributed by atoms with Crippen LogP contribution in [0.1, 0.15) is 45.6 Å². The van der Waals surface area contributed by atoms with Crippen molar-refractivity contribution in [2.45, 2.75) is 71.0 Å². The van der Waals surface area contributed by atoms with Gasteiger partial charge in [0, 0.05) is 38.1 Å². The van der Waals surface area contributed by atoms with Crippen molar-refractivity contribution in [2.24, 2.45) is 0 Å². The monoisotopic (exact) mass is 662 g/mol. The number of aliphatic hydroxyl groups excluding tert-OH is 3. The number of carbonyl (C=O) groups is 3. The predicted octanol–water partition coefficient (Wildman–Crippen LogP) is 1.33. The number of rotatable bonds is 15. The molecule has 11 nitrogen and oxygen atoms in total. The quantitative estimate of drug-likeness (QED) is 0.124. The lowest BCUT2D eigenvalue weighted by molar-refractivity contribution is -0.149. The van der Waals surface area contributed by atoms with Crippen molar-refractivity contribution in [2.75, 3.05) is 33.4 Å². The fraction of sp³-hybridized carbons (Fsp3) is 0.593. The Morgan fingerprint density at radius 1 is 1.23 bits per heavy atom. The molecule has 2 rings (SSSR count). The number of nitrogens with one attached hydrogen (secondary N) is 1. The highest BCUT2D eigenvalue weighted by Gasteiger charge is 2.41. The van der Waals surface area contributed by atoms with Crippen LogP contribution in [0.15, 0.2) is 23.8 Å². The summed E-state index contributed by atoms with van der Waals surface area (Å²) < 4.78 is 17.8. The maximum absolute atomic E-state index is 13.2. The molecule has 0 bridgehead atoms. The van der Waals surface area contributed by atoms with Gasteiger partial charge in [0.05, 0.1) is 36.0 Å². The molecule has 1 aromatic carbocycles. The zero-order valence-corrected chi connectivity index (χ0v) is 25.0. The molecule has 4 N–H and O–H groups in total. The molecule has 0 saturated heterocycles. The summed E-state index contributed by atoms with van der Waals surface area (Å²) in [6, 6.07) is 2.36. The maximum atomic E-state index is 13.2. The van der Waals surface area contributed by atoms with E-state index in [9.17, 15) is 24.6 Å². The summed E-state index contributed by atoms with van der Waals surface area (Å²) in [5, 5.41) is 32.8. The summed E-state index contributed by atoms with van der Waals surface area (Å²) in [5.74, 6) is -1.23. The first-order valence-electron chi connectivity index (χ1n) is 12.9. The highest BCUT2D eigenvalue weighted by atomic mass is 127. The van der Waals surface area contributed by atoms with E-state index in [1.165, 1.54) is 18.1 Å². The highest BCUT2D eigenvalue weighted by Crippen LogP contribution is 2.37. The number of Topliss-reactive ketones (excluding diaryl/α,β-unsaturated/α-hetero) is 1. The number of hydrogen-bond acceptors (Lipinski definition) is 9. The van der Waals surface area contributed by atoms with Crippen LogP contribution in [0.25, 0.3) is 0 Å². The second-order valence-electron chi connectivity index (χ2n) is 9.33. The van der Waals surface area contributed by atoms with Gasteiger partial charge in [-0.1, -0.05) is 6.92 Å². The van der Waals surface area contributed by atoms with Crippen LogP contribution in [0.3, 0.4) is 0 Å². The van der Waals surface area contributed by atoms with E-state index >= 15 is 0 Å². The number of nitrogens with zero attached hydrogens (tertiary/aromatic N) is 1. The minimum Gasteiger partial charge on any atom is -0.493 e. The molecule has 0 radical (unpaired) electrons. The lowest BCUT2D eigenvalue weighted by Crippen LogP contribution is -2.56. The van der Waals surface area contributed by atoms with Crippen molar-refractivity contribution in [3.63, 3.8) is 0 Å². The number of hydrogen-bond donors (Lipinski definition) is 4. The summed E-state index contributed by atoms with van der Waals surface area (Å²) in [7, 11) is 1.44. The Morgan fingerprint density at radius 3 is 2.54 bits per heavy atom. The molecule has 1 aliphatic rings. The summed E-state index contributed by atoms with van der Waals surface area (Å²) in [4.78, 5) is 39.9. The van der Waals surface area contributed by atoms with Crippen LogP contribution in [0.5, 0.6) is 11.5 Å². The van der Waals surface area contributed by atoms with Gasteiger partial charge in [0.15, 0.2) is 11.5 Å². The first kappa shape index (κ1) is 32.9. The Bertz CT molecular complexity index is 1030. The zero-order chi connectivity index (χ0) is 29.1. The Morgan fingerprint density at radius 2 is 1.95 bits per heavy atom.